The van der Waals surface area contributed by atoms with Crippen molar-refractivity contribution in [2.45, 2.75) is 5.03 Å². The maximum atomic E-state index is 12.7. The molecule has 0 spiro atoms. The number of benzene rings is 1. The van der Waals surface area contributed by atoms with Gasteiger partial charge in [-0.2, -0.15) is 5.26 Å². The Morgan fingerprint density at radius 2 is 2.05 bits per heavy atom. The molecule has 19 heavy (non-hydrogen) atoms. The van der Waals surface area contributed by atoms with Crippen molar-refractivity contribution in [2.75, 3.05) is 5.75 Å². The number of nitriles is 1. The summed E-state index contributed by atoms with van der Waals surface area (Å²) in [5.41, 5.74) is 0.891. The molecule has 0 saturated carbocycles. The number of hydrogen-bond donors (Lipinski definition) is 0. The van der Waals surface area contributed by atoms with Gasteiger partial charge in [-0.05, 0) is 36.4 Å². The first kappa shape index (κ1) is 13.2. The molecule has 0 N–H and O–H groups in total. The standard InChI is InChI=1S/C14H9FN2OS/c15-12-5-3-10(4-6-12)13(18)9-19-14-11(8-16)2-1-7-17-14/h1-7H,9H2. The molecule has 0 aliphatic rings. The molecule has 0 unspecified atom stereocenters. The van der Waals surface area contributed by atoms with Crippen molar-refractivity contribution in [3.63, 3.8) is 0 Å². The number of pyridine rings is 1. The minimum atomic E-state index is -0.374. The van der Waals surface area contributed by atoms with Crippen LogP contribution in [0.3, 0.4) is 0 Å². The maximum Gasteiger partial charge on any atom is 0.173 e. The topological polar surface area (TPSA) is 53.8 Å². The van der Waals surface area contributed by atoms with E-state index in [0.717, 1.165) is 0 Å². The Morgan fingerprint density at radius 3 is 2.74 bits per heavy atom. The van der Waals surface area contributed by atoms with Crippen molar-refractivity contribution >= 4 is 17.5 Å². The third-order valence-corrected chi connectivity index (χ3v) is 3.40. The van der Waals surface area contributed by atoms with Gasteiger partial charge in [-0.15, -0.1) is 0 Å². The molecule has 0 amide bonds. The number of carbonyl (C=O) groups is 1. The van der Waals surface area contributed by atoms with Crippen LogP contribution in [-0.2, 0) is 0 Å². The van der Waals surface area contributed by atoms with Gasteiger partial charge >= 0.3 is 0 Å². The highest BCUT2D eigenvalue weighted by Crippen LogP contribution is 2.20. The number of aromatic nitrogens is 1. The average Bonchev–Trinajstić information content (AvgIpc) is 2.45. The summed E-state index contributed by atoms with van der Waals surface area (Å²) in [6.07, 6.45) is 1.57. The highest BCUT2D eigenvalue weighted by molar-refractivity contribution is 8.00. The molecule has 3 nitrogen and oxygen atoms in total. The molecule has 0 atom stereocenters. The lowest BCUT2D eigenvalue weighted by atomic mass is 10.1. The number of nitrogens with zero attached hydrogens (tertiary/aromatic N) is 2. The summed E-state index contributed by atoms with van der Waals surface area (Å²) < 4.78 is 12.7. The van der Waals surface area contributed by atoms with E-state index in [9.17, 15) is 9.18 Å². The zero-order chi connectivity index (χ0) is 13.7. The molecule has 1 aromatic carbocycles. The molecule has 5 heteroatoms. The molecule has 0 aliphatic carbocycles. The lowest BCUT2D eigenvalue weighted by Crippen LogP contribution is -2.03. The Hall–Kier alpha value is -2.19. The number of ketones is 1. The third kappa shape index (κ3) is 3.39. The normalized spacial score (nSPS) is 9.89. The van der Waals surface area contributed by atoms with Gasteiger partial charge in [0.25, 0.3) is 0 Å². The molecule has 0 aliphatic heterocycles. The van der Waals surface area contributed by atoms with Crippen LogP contribution in [-0.4, -0.2) is 16.5 Å². The predicted molar refractivity (Wildman–Crippen MR) is 70.4 cm³/mol. The van der Waals surface area contributed by atoms with Crippen LogP contribution < -0.4 is 0 Å². The van der Waals surface area contributed by atoms with E-state index in [-0.39, 0.29) is 17.4 Å². The molecule has 0 saturated heterocycles. The molecule has 2 aromatic rings. The third-order valence-electron chi connectivity index (χ3n) is 2.40. The number of rotatable bonds is 4. The van der Waals surface area contributed by atoms with Crippen LogP contribution in [0.4, 0.5) is 4.39 Å². The van der Waals surface area contributed by atoms with Gasteiger partial charge in [0.2, 0.25) is 0 Å². The molecule has 94 valence electrons. The van der Waals surface area contributed by atoms with Gasteiger partial charge in [0.15, 0.2) is 5.78 Å². The first-order valence-corrected chi connectivity index (χ1v) is 6.46. The molecule has 0 fully saturated rings. The van der Waals surface area contributed by atoms with Crippen molar-refractivity contribution in [3.05, 3.63) is 59.5 Å². The number of halogens is 1. The van der Waals surface area contributed by atoms with Gasteiger partial charge in [-0.3, -0.25) is 4.79 Å². The van der Waals surface area contributed by atoms with Crippen LogP contribution in [0.15, 0.2) is 47.6 Å². The highest BCUT2D eigenvalue weighted by atomic mass is 32.2. The van der Waals surface area contributed by atoms with E-state index >= 15 is 0 Å². The summed E-state index contributed by atoms with van der Waals surface area (Å²) in [5.74, 6) is -0.336. The van der Waals surface area contributed by atoms with Gasteiger partial charge in [0, 0.05) is 11.8 Å². The quantitative estimate of drug-likeness (QED) is 0.634. The summed E-state index contributed by atoms with van der Waals surface area (Å²) in [4.78, 5) is 15.9. The number of thioether (sulfide) groups is 1. The van der Waals surface area contributed by atoms with Gasteiger partial charge in [0.1, 0.15) is 16.9 Å². The van der Waals surface area contributed by atoms with E-state index < -0.39 is 0 Å². The van der Waals surface area contributed by atoms with Gasteiger partial charge < -0.3 is 0 Å². The first-order chi connectivity index (χ1) is 9.20. The van der Waals surface area contributed by atoms with Crippen LogP contribution in [0.25, 0.3) is 0 Å². The number of hydrogen-bond acceptors (Lipinski definition) is 4. The zero-order valence-electron chi connectivity index (χ0n) is 9.84. The van der Waals surface area contributed by atoms with Crippen LogP contribution in [0.5, 0.6) is 0 Å². The minimum absolute atomic E-state index is 0.125. The molecule has 2 rings (SSSR count). The summed E-state index contributed by atoms with van der Waals surface area (Å²) in [6, 6.07) is 10.7. The van der Waals surface area contributed by atoms with Gasteiger partial charge in [0.05, 0.1) is 11.3 Å². The Labute approximate surface area is 114 Å². The molecule has 1 heterocycles. The Kier molecular flexibility index (Phi) is 4.26. The number of carbonyl (C=O) groups excluding carboxylic acids is 1. The van der Waals surface area contributed by atoms with E-state index in [2.05, 4.69) is 4.98 Å². The molecule has 1 aromatic heterocycles. The Balaban J connectivity index is 2.05. The van der Waals surface area contributed by atoms with Crippen molar-refractivity contribution in [3.8, 4) is 6.07 Å². The lowest BCUT2D eigenvalue weighted by Gasteiger charge is -2.02. The average molecular weight is 272 g/mol. The zero-order valence-corrected chi connectivity index (χ0v) is 10.7. The Bertz CT molecular complexity index is 635. The lowest BCUT2D eigenvalue weighted by molar-refractivity contribution is 0.102. The van der Waals surface area contributed by atoms with Gasteiger partial charge in [-0.25, -0.2) is 9.37 Å². The van der Waals surface area contributed by atoms with E-state index in [1.54, 1.807) is 18.3 Å². The van der Waals surface area contributed by atoms with Crippen LogP contribution >= 0.6 is 11.8 Å². The predicted octanol–water partition coefficient (Wildman–Crippen LogP) is 3.07. The Morgan fingerprint density at radius 1 is 1.32 bits per heavy atom. The first-order valence-electron chi connectivity index (χ1n) is 5.47. The SMILES string of the molecule is N#Cc1cccnc1SCC(=O)c1ccc(F)cc1. The largest absolute Gasteiger partial charge is 0.293 e. The summed E-state index contributed by atoms with van der Waals surface area (Å²) in [5, 5.41) is 9.43. The summed E-state index contributed by atoms with van der Waals surface area (Å²) >= 11 is 1.20. The van der Waals surface area contributed by atoms with E-state index in [0.29, 0.717) is 16.2 Å². The number of Topliss-reactive ketones (excluding diaryl/α,β-unsaturated/α-hetero) is 1. The van der Waals surface area contributed by atoms with Gasteiger partial charge in [-0.1, -0.05) is 11.8 Å². The van der Waals surface area contributed by atoms with Crippen molar-refractivity contribution in [1.82, 2.24) is 4.98 Å². The smallest absolute Gasteiger partial charge is 0.173 e. The second-order valence-corrected chi connectivity index (χ2v) is 4.65. The van der Waals surface area contributed by atoms with E-state index in [1.807, 2.05) is 6.07 Å². The fourth-order valence-corrected chi connectivity index (χ4v) is 2.28. The monoisotopic (exact) mass is 272 g/mol. The second-order valence-electron chi connectivity index (χ2n) is 3.69. The van der Waals surface area contributed by atoms with E-state index in [4.69, 9.17) is 5.26 Å². The summed E-state index contributed by atoms with van der Waals surface area (Å²) in [7, 11) is 0. The van der Waals surface area contributed by atoms with Crippen molar-refractivity contribution in [2.24, 2.45) is 0 Å². The van der Waals surface area contributed by atoms with Crippen LogP contribution in [0.2, 0.25) is 0 Å². The van der Waals surface area contributed by atoms with E-state index in [1.165, 1.54) is 36.0 Å². The fraction of sp³-hybridized carbons (Fsp3) is 0.0714. The van der Waals surface area contributed by atoms with Crippen LogP contribution in [0, 0.1) is 17.1 Å². The minimum Gasteiger partial charge on any atom is -0.293 e. The maximum absolute atomic E-state index is 12.7. The fourth-order valence-electron chi connectivity index (χ4n) is 1.44. The molecule has 0 radical (unpaired) electrons. The summed E-state index contributed by atoms with van der Waals surface area (Å²) in [6.45, 7) is 0. The molecular weight excluding hydrogens is 263 g/mol. The second kappa shape index (κ2) is 6.12. The molecule has 0 bridgehead atoms. The van der Waals surface area contributed by atoms with Crippen molar-refractivity contribution in [1.29, 1.82) is 5.26 Å². The molecular formula is C14H9FN2OS. The van der Waals surface area contributed by atoms with Crippen LogP contribution in [0.1, 0.15) is 15.9 Å². The highest BCUT2D eigenvalue weighted by Gasteiger charge is 2.09. The van der Waals surface area contributed by atoms with Crippen molar-refractivity contribution < 1.29 is 9.18 Å².